The summed E-state index contributed by atoms with van der Waals surface area (Å²) < 4.78 is 27.1. The standard InChI is InChI=1S/C12H9ClF2N2O2/c1-2-7-10(13)16-12(19)17(11(7)18)9-4-3-6(14)5-8(9)15/h3-5H,2H2,1H3,(H,16,19). The Kier molecular flexibility index (Phi) is 3.53. The van der Waals surface area contributed by atoms with Gasteiger partial charge >= 0.3 is 5.69 Å². The van der Waals surface area contributed by atoms with Crippen molar-refractivity contribution in [3.05, 3.63) is 61.4 Å². The van der Waals surface area contributed by atoms with Crippen LogP contribution in [0, 0.1) is 11.6 Å². The lowest BCUT2D eigenvalue weighted by Gasteiger charge is -2.08. The topological polar surface area (TPSA) is 54.9 Å². The molecule has 1 aromatic carbocycles. The van der Waals surface area contributed by atoms with Crippen LogP contribution in [0.25, 0.3) is 5.69 Å². The van der Waals surface area contributed by atoms with Crippen LogP contribution in [-0.4, -0.2) is 9.55 Å². The molecule has 0 aliphatic rings. The summed E-state index contributed by atoms with van der Waals surface area (Å²) in [5, 5.41) is -0.0729. The molecule has 0 bridgehead atoms. The second kappa shape index (κ2) is 4.97. The third-order valence-electron chi connectivity index (χ3n) is 2.65. The van der Waals surface area contributed by atoms with Crippen molar-refractivity contribution >= 4 is 11.6 Å². The van der Waals surface area contributed by atoms with E-state index in [1.54, 1.807) is 6.92 Å². The maximum atomic E-state index is 13.6. The Balaban J connectivity index is 2.83. The van der Waals surface area contributed by atoms with Crippen LogP contribution in [0.4, 0.5) is 8.78 Å². The Morgan fingerprint density at radius 2 is 2.00 bits per heavy atom. The highest BCUT2D eigenvalue weighted by Gasteiger charge is 2.15. The normalized spacial score (nSPS) is 10.7. The predicted molar refractivity (Wildman–Crippen MR) is 67.0 cm³/mol. The van der Waals surface area contributed by atoms with E-state index >= 15 is 0 Å². The molecule has 0 fully saturated rings. The van der Waals surface area contributed by atoms with Crippen LogP contribution in [0.15, 0.2) is 27.8 Å². The number of nitrogens with zero attached hydrogens (tertiary/aromatic N) is 1. The van der Waals surface area contributed by atoms with E-state index in [1.807, 2.05) is 0 Å². The van der Waals surface area contributed by atoms with Gasteiger partial charge < -0.3 is 0 Å². The quantitative estimate of drug-likeness (QED) is 0.859. The Hall–Kier alpha value is -1.95. The van der Waals surface area contributed by atoms with Crippen molar-refractivity contribution in [1.29, 1.82) is 0 Å². The molecule has 0 spiro atoms. The SMILES string of the molecule is CCc1c(Cl)[nH]c(=O)n(-c2ccc(F)cc2F)c1=O. The molecule has 0 aliphatic heterocycles. The average molecular weight is 287 g/mol. The first-order valence-corrected chi connectivity index (χ1v) is 5.82. The largest absolute Gasteiger partial charge is 0.334 e. The molecule has 0 saturated heterocycles. The Bertz CT molecular complexity index is 752. The Labute approximate surface area is 111 Å². The van der Waals surface area contributed by atoms with E-state index in [4.69, 9.17) is 11.6 Å². The van der Waals surface area contributed by atoms with Crippen molar-refractivity contribution in [3.63, 3.8) is 0 Å². The fourth-order valence-corrected chi connectivity index (χ4v) is 2.03. The lowest BCUT2D eigenvalue weighted by molar-refractivity contribution is 0.574. The number of hydrogen-bond acceptors (Lipinski definition) is 2. The van der Waals surface area contributed by atoms with E-state index < -0.39 is 22.9 Å². The van der Waals surface area contributed by atoms with Crippen molar-refractivity contribution in [2.24, 2.45) is 0 Å². The maximum Gasteiger partial charge on any atom is 0.334 e. The van der Waals surface area contributed by atoms with Crippen molar-refractivity contribution in [3.8, 4) is 5.69 Å². The van der Waals surface area contributed by atoms with Gasteiger partial charge in [-0.2, -0.15) is 0 Å². The lowest BCUT2D eigenvalue weighted by Crippen LogP contribution is -2.36. The highest BCUT2D eigenvalue weighted by molar-refractivity contribution is 6.30. The van der Waals surface area contributed by atoms with Gasteiger partial charge in [0.25, 0.3) is 5.56 Å². The van der Waals surface area contributed by atoms with Gasteiger partial charge in [-0.1, -0.05) is 18.5 Å². The van der Waals surface area contributed by atoms with Gasteiger partial charge in [0.15, 0.2) is 0 Å². The number of halogens is 3. The molecule has 0 saturated carbocycles. The molecule has 1 aromatic heterocycles. The Morgan fingerprint density at radius 3 is 2.58 bits per heavy atom. The van der Waals surface area contributed by atoms with Crippen LogP contribution >= 0.6 is 11.6 Å². The first kappa shape index (κ1) is 13.5. The summed E-state index contributed by atoms with van der Waals surface area (Å²) in [4.78, 5) is 26.1. The summed E-state index contributed by atoms with van der Waals surface area (Å²) in [6, 6.07) is 2.58. The highest BCUT2D eigenvalue weighted by Crippen LogP contribution is 2.13. The molecule has 1 heterocycles. The lowest BCUT2D eigenvalue weighted by atomic mass is 10.2. The molecule has 0 atom stereocenters. The van der Waals surface area contributed by atoms with Crippen molar-refractivity contribution in [1.82, 2.24) is 9.55 Å². The van der Waals surface area contributed by atoms with Crippen LogP contribution in [-0.2, 0) is 6.42 Å². The van der Waals surface area contributed by atoms with E-state index in [0.717, 1.165) is 12.1 Å². The average Bonchev–Trinajstić information content (AvgIpc) is 2.31. The molecule has 100 valence electrons. The zero-order valence-corrected chi connectivity index (χ0v) is 10.6. The van der Waals surface area contributed by atoms with Crippen LogP contribution in [0.2, 0.25) is 5.15 Å². The van der Waals surface area contributed by atoms with Gasteiger partial charge in [0.2, 0.25) is 0 Å². The maximum absolute atomic E-state index is 13.6. The van der Waals surface area contributed by atoms with Gasteiger partial charge in [0.05, 0.1) is 11.3 Å². The summed E-state index contributed by atoms with van der Waals surface area (Å²) in [6.45, 7) is 1.67. The van der Waals surface area contributed by atoms with E-state index in [2.05, 4.69) is 4.98 Å². The van der Waals surface area contributed by atoms with Crippen molar-refractivity contribution < 1.29 is 8.78 Å². The van der Waals surface area contributed by atoms with Crippen LogP contribution in [0.1, 0.15) is 12.5 Å². The number of rotatable bonds is 2. The fraction of sp³-hybridized carbons (Fsp3) is 0.167. The predicted octanol–water partition coefficient (Wildman–Crippen LogP) is 2.02. The van der Waals surface area contributed by atoms with Gasteiger partial charge in [-0.15, -0.1) is 0 Å². The molecule has 0 amide bonds. The van der Waals surface area contributed by atoms with Crippen LogP contribution in [0.3, 0.4) is 0 Å². The molecule has 0 unspecified atom stereocenters. The number of aromatic nitrogens is 2. The van der Waals surface area contributed by atoms with Crippen molar-refractivity contribution in [2.45, 2.75) is 13.3 Å². The minimum Gasteiger partial charge on any atom is -0.297 e. The molecule has 19 heavy (non-hydrogen) atoms. The first-order chi connectivity index (χ1) is 8.95. The third kappa shape index (κ3) is 2.31. The van der Waals surface area contributed by atoms with Gasteiger partial charge in [0.1, 0.15) is 16.8 Å². The smallest absolute Gasteiger partial charge is 0.297 e. The number of benzene rings is 1. The van der Waals surface area contributed by atoms with Crippen LogP contribution in [0.5, 0.6) is 0 Å². The fourth-order valence-electron chi connectivity index (χ4n) is 1.73. The number of nitrogens with one attached hydrogen (secondary N) is 1. The molecule has 4 nitrogen and oxygen atoms in total. The first-order valence-electron chi connectivity index (χ1n) is 5.44. The monoisotopic (exact) mass is 286 g/mol. The molecule has 1 N–H and O–H groups in total. The van der Waals surface area contributed by atoms with Crippen molar-refractivity contribution in [2.75, 3.05) is 0 Å². The summed E-state index contributed by atoms with van der Waals surface area (Å²) >= 11 is 5.74. The highest BCUT2D eigenvalue weighted by atomic mass is 35.5. The van der Waals surface area contributed by atoms with Crippen LogP contribution < -0.4 is 11.2 Å². The number of aromatic amines is 1. The van der Waals surface area contributed by atoms with Gasteiger partial charge in [-0.05, 0) is 18.6 Å². The number of H-pyrrole nitrogens is 1. The Morgan fingerprint density at radius 1 is 1.32 bits per heavy atom. The third-order valence-corrected chi connectivity index (χ3v) is 2.97. The van der Waals surface area contributed by atoms with E-state index in [1.165, 1.54) is 0 Å². The summed E-state index contributed by atoms with van der Waals surface area (Å²) in [6.07, 6.45) is 0.275. The number of hydrogen-bond donors (Lipinski definition) is 1. The molecule has 0 aliphatic carbocycles. The summed E-state index contributed by atoms with van der Waals surface area (Å²) in [5.74, 6) is -1.80. The van der Waals surface area contributed by atoms with Gasteiger partial charge in [0, 0.05) is 6.07 Å². The van der Waals surface area contributed by atoms with E-state index in [0.29, 0.717) is 10.6 Å². The van der Waals surface area contributed by atoms with E-state index in [-0.39, 0.29) is 22.8 Å². The molecule has 7 heteroatoms. The summed E-state index contributed by atoms with van der Waals surface area (Å²) in [7, 11) is 0. The molecular weight excluding hydrogens is 278 g/mol. The molecule has 2 aromatic rings. The second-order valence-electron chi connectivity index (χ2n) is 3.81. The van der Waals surface area contributed by atoms with Gasteiger partial charge in [-0.3, -0.25) is 9.78 Å². The molecular formula is C12H9ClF2N2O2. The minimum atomic E-state index is -1.00. The summed E-state index contributed by atoms with van der Waals surface area (Å²) in [5.41, 5.74) is -1.76. The van der Waals surface area contributed by atoms with Gasteiger partial charge in [-0.25, -0.2) is 18.1 Å². The zero-order valence-electron chi connectivity index (χ0n) is 9.84. The van der Waals surface area contributed by atoms with E-state index in [9.17, 15) is 18.4 Å². The molecule has 2 rings (SSSR count). The second-order valence-corrected chi connectivity index (χ2v) is 4.19. The zero-order chi connectivity index (χ0) is 14.2. The minimum absolute atomic E-state index is 0.0729. The molecule has 0 radical (unpaired) electrons.